The SMILES string of the molecule is COc1ccc([N+](=O)[O-])cc1N1C(=O)/C(=C/c2ccc(Cl)cc2Cl)C=C1c1ccccc1. The highest BCUT2D eigenvalue weighted by Gasteiger charge is 2.33. The number of nitro benzene ring substituents is 1. The van der Waals surface area contributed by atoms with Crippen LogP contribution in [0, 0.1) is 10.1 Å². The topological polar surface area (TPSA) is 72.7 Å². The highest BCUT2D eigenvalue weighted by Crippen LogP contribution is 2.41. The van der Waals surface area contributed by atoms with Gasteiger partial charge in [-0.2, -0.15) is 0 Å². The molecule has 0 fully saturated rings. The van der Waals surface area contributed by atoms with Crippen molar-refractivity contribution in [3.8, 4) is 5.75 Å². The number of methoxy groups -OCH3 is 1. The lowest BCUT2D eigenvalue weighted by Gasteiger charge is -2.22. The van der Waals surface area contributed by atoms with Gasteiger partial charge in [0, 0.05) is 27.8 Å². The summed E-state index contributed by atoms with van der Waals surface area (Å²) < 4.78 is 5.41. The van der Waals surface area contributed by atoms with Crippen molar-refractivity contribution in [3.05, 3.63) is 110 Å². The third-order valence-electron chi connectivity index (χ3n) is 4.94. The maximum atomic E-state index is 13.5. The van der Waals surface area contributed by atoms with Gasteiger partial charge in [0.05, 0.1) is 23.4 Å². The first-order chi connectivity index (χ1) is 15.4. The van der Waals surface area contributed by atoms with Crippen molar-refractivity contribution in [3.63, 3.8) is 0 Å². The highest BCUT2D eigenvalue weighted by atomic mass is 35.5. The number of nitrogens with zero attached hydrogens (tertiary/aromatic N) is 2. The molecule has 0 unspecified atom stereocenters. The van der Waals surface area contributed by atoms with Crippen molar-refractivity contribution in [1.82, 2.24) is 0 Å². The van der Waals surface area contributed by atoms with Gasteiger partial charge in [-0.1, -0.05) is 59.6 Å². The lowest BCUT2D eigenvalue weighted by Crippen LogP contribution is -2.25. The molecule has 8 heteroatoms. The lowest BCUT2D eigenvalue weighted by molar-refractivity contribution is -0.384. The van der Waals surface area contributed by atoms with E-state index in [1.807, 2.05) is 30.3 Å². The average Bonchev–Trinajstić information content (AvgIpc) is 3.11. The monoisotopic (exact) mass is 466 g/mol. The van der Waals surface area contributed by atoms with Gasteiger partial charge in [-0.15, -0.1) is 0 Å². The molecule has 160 valence electrons. The Bertz CT molecular complexity index is 1290. The summed E-state index contributed by atoms with van der Waals surface area (Å²) in [4.78, 5) is 25.8. The van der Waals surface area contributed by atoms with Gasteiger partial charge >= 0.3 is 0 Å². The maximum absolute atomic E-state index is 13.5. The van der Waals surface area contributed by atoms with Gasteiger partial charge in [0.1, 0.15) is 5.75 Å². The van der Waals surface area contributed by atoms with E-state index in [0.29, 0.717) is 32.6 Å². The van der Waals surface area contributed by atoms with Gasteiger partial charge in [-0.3, -0.25) is 19.8 Å². The van der Waals surface area contributed by atoms with Crippen molar-refractivity contribution in [1.29, 1.82) is 0 Å². The standard InChI is InChI=1S/C24H16Cl2N2O4/c1-32-23-10-9-19(28(30)31)14-22(23)27-21(15-5-3-2-4-6-15)12-17(24(27)29)11-16-7-8-18(25)13-20(16)26/h2-14H,1H3/b17-11+. The summed E-state index contributed by atoms with van der Waals surface area (Å²) in [6.07, 6.45) is 3.38. The molecule has 1 amide bonds. The van der Waals surface area contributed by atoms with E-state index in [-0.39, 0.29) is 17.3 Å². The first-order valence-corrected chi connectivity index (χ1v) is 10.3. The van der Waals surface area contributed by atoms with Crippen LogP contribution < -0.4 is 9.64 Å². The Morgan fingerprint density at radius 1 is 1.03 bits per heavy atom. The van der Waals surface area contributed by atoms with Crippen molar-refractivity contribution in [2.45, 2.75) is 0 Å². The van der Waals surface area contributed by atoms with E-state index in [1.54, 1.807) is 30.4 Å². The Morgan fingerprint density at radius 3 is 2.44 bits per heavy atom. The summed E-state index contributed by atoms with van der Waals surface area (Å²) in [5.74, 6) is -0.0368. The minimum atomic E-state index is -0.514. The second kappa shape index (κ2) is 8.86. The molecule has 3 aromatic carbocycles. The van der Waals surface area contributed by atoms with Gasteiger partial charge in [0.25, 0.3) is 11.6 Å². The molecule has 0 saturated carbocycles. The van der Waals surface area contributed by atoms with Gasteiger partial charge in [-0.25, -0.2) is 0 Å². The zero-order valence-corrected chi connectivity index (χ0v) is 18.3. The zero-order chi connectivity index (χ0) is 22.8. The van der Waals surface area contributed by atoms with Gasteiger partial charge in [0.15, 0.2) is 0 Å². The van der Waals surface area contributed by atoms with Crippen LogP contribution in [0.1, 0.15) is 11.1 Å². The quantitative estimate of drug-likeness (QED) is 0.248. The van der Waals surface area contributed by atoms with Crippen LogP contribution in [-0.4, -0.2) is 17.9 Å². The van der Waals surface area contributed by atoms with E-state index in [2.05, 4.69) is 0 Å². The zero-order valence-electron chi connectivity index (χ0n) is 16.8. The van der Waals surface area contributed by atoms with Crippen molar-refractivity contribution in [2.75, 3.05) is 12.0 Å². The number of amides is 1. The number of carbonyl (C=O) groups excluding carboxylic acids is 1. The lowest BCUT2D eigenvalue weighted by atomic mass is 10.1. The molecule has 0 spiro atoms. The second-order valence-electron chi connectivity index (χ2n) is 6.91. The van der Waals surface area contributed by atoms with Crippen LogP contribution >= 0.6 is 23.2 Å². The van der Waals surface area contributed by atoms with Gasteiger partial charge in [0.2, 0.25) is 0 Å². The smallest absolute Gasteiger partial charge is 0.271 e. The van der Waals surface area contributed by atoms with Crippen LogP contribution in [0.15, 0.2) is 78.4 Å². The minimum absolute atomic E-state index is 0.154. The molecule has 1 heterocycles. The number of ether oxygens (including phenoxy) is 1. The molecule has 0 saturated heterocycles. The number of hydrogen-bond acceptors (Lipinski definition) is 4. The number of carbonyl (C=O) groups is 1. The van der Waals surface area contributed by atoms with E-state index in [4.69, 9.17) is 27.9 Å². The molecule has 1 aliphatic heterocycles. The summed E-state index contributed by atoms with van der Waals surface area (Å²) >= 11 is 12.3. The fraction of sp³-hybridized carbons (Fsp3) is 0.0417. The van der Waals surface area contributed by atoms with Gasteiger partial charge in [-0.05, 0) is 41.5 Å². The van der Waals surface area contributed by atoms with Crippen LogP contribution in [-0.2, 0) is 4.79 Å². The molecule has 1 aliphatic rings. The molecule has 0 N–H and O–H groups in total. The van der Waals surface area contributed by atoms with E-state index >= 15 is 0 Å². The number of rotatable bonds is 5. The Morgan fingerprint density at radius 2 is 1.78 bits per heavy atom. The molecule has 0 aliphatic carbocycles. The van der Waals surface area contributed by atoms with E-state index in [9.17, 15) is 14.9 Å². The maximum Gasteiger partial charge on any atom is 0.271 e. The summed E-state index contributed by atoms with van der Waals surface area (Å²) in [5.41, 5.74) is 2.43. The second-order valence-corrected chi connectivity index (χ2v) is 7.76. The van der Waals surface area contributed by atoms with Crippen molar-refractivity contribution >= 4 is 52.3 Å². The van der Waals surface area contributed by atoms with Crippen LogP contribution in [0.25, 0.3) is 11.8 Å². The molecule has 3 aromatic rings. The van der Waals surface area contributed by atoms with E-state index in [1.165, 1.54) is 30.2 Å². The minimum Gasteiger partial charge on any atom is -0.495 e. The number of nitro groups is 1. The van der Waals surface area contributed by atoms with Gasteiger partial charge < -0.3 is 4.74 Å². The normalized spacial score (nSPS) is 14.6. The first kappa shape index (κ1) is 21.6. The molecule has 0 bridgehead atoms. The van der Waals surface area contributed by atoms with E-state index in [0.717, 1.165) is 5.56 Å². The fourth-order valence-corrected chi connectivity index (χ4v) is 3.89. The number of anilines is 1. The summed E-state index contributed by atoms with van der Waals surface area (Å²) in [6.45, 7) is 0. The van der Waals surface area contributed by atoms with Crippen LogP contribution in [0.2, 0.25) is 10.0 Å². The molecule has 0 atom stereocenters. The van der Waals surface area contributed by atoms with Crippen LogP contribution in [0.4, 0.5) is 11.4 Å². The predicted molar refractivity (Wildman–Crippen MR) is 126 cm³/mol. The van der Waals surface area contributed by atoms with E-state index < -0.39 is 4.92 Å². The fourth-order valence-electron chi connectivity index (χ4n) is 3.43. The number of halogens is 2. The molecule has 0 radical (unpaired) electrons. The third-order valence-corrected chi connectivity index (χ3v) is 5.50. The molecular weight excluding hydrogens is 451 g/mol. The number of non-ortho nitro benzene ring substituents is 1. The highest BCUT2D eigenvalue weighted by molar-refractivity contribution is 6.35. The summed E-state index contributed by atoms with van der Waals surface area (Å²) in [5, 5.41) is 12.3. The number of hydrogen-bond donors (Lipinski definition) is 0. The first-order valence-electron chi connectivity index (χ1n) is 9.50. The predicted octanol–water partition coefficient (Wildman–Crippen LogP) is 6.38. The van der Waals surface area contributed by atoms with Crippen molar-refractivity contribution in [2.24, 2.45) is 0 Å². The molecule has 32 heavy (non-hydrogen) atoms. The molecular formula is C24H16Cl2N2O4. The Balaban J connectivity index is 1.90. The Labute approximate surface area is 194 Å². The average molecular weight is 467 g/mol. The summed E-state index contributed by atoms with van der Waals surface area (Å²) in [7, 11) is 1.45. The van der Waals surface area contributed by atoms with Crippen LogP contribution in [0.5, 0.6) is 5.75 Å². The largest absolute Gasteiger partial charge is 0.495 e. The molecule has 4 rings (SSSR count). The molecule has 0 aromatic heterocycles. The summed E-state index contributed by atoms with van der Waals surface area (Å²) in [6, 6.07) is 18.4. The Hall–Kier alpha value is -3.61. The third kappa shape index (κ3) is 4.10. The Kier molecular flexibility index (Phi) is 5.99. The van der Waals surface area contributed by atoms with Crippen molar-refractivity contribution < 1.29 is 14.5 Å². The molecule has 6 nitrogen and oxygen atoms in total. The number of benzene rings is 3. The van der Waals surface area contributed by atoms with Crippen LogP contribution in [0.3, 0.4) is 0 Å².